The second kappa shape index (κ2) is 4.83. The van der Waals surface area contributed by atoms with Gasteiger partial charge >= 0.3 is 0 Å². The average Bonchev–Trinajstić information content (AvgIpc) is 2.07. The Morgan fingerprint density at radius 2 is 2.09 bits per heavy atom. The maximum atomic E-state index is 9.76. The van der Waals surface area contributed by atoms with Gasteiger partial charge in [0, 0.05) is 8.55 Å². The van der Waals surface area contributed by atoms with Gasteiger partial charge < -0.3 is 4.80 Å². The summed E-state index contributed by atoms with van der Waals surface area (Å²) in [7, 11) is 0.391. The van der Waals surface area contributed by atoms with Gasteiger partial charge in [-0.25, -0.2) is 0 Å². The van der Waals surface area contributed by atoms with E-state index in [2.05, 4.69) is 6.07 Å². The maximum Gasteiger partial charge on any atom is 0.180 e. The summed E-state index contributed by atoms with van der Waals surface area (Å²) in [6.45, 7) is 0. The van der Waals surface area contributed by atoms with Crippen molar-refractivity contribution < 1.29 is 4.80 Å². The molecule has 0 saturated carbocycles. The minimum Gasteiger partial charge on any atom is -0.434 e. The fourth-order valence-electron chi connectivity index (χ4n) is 1.06. The molecule has 0 aliphatic carbocycles. The molecule has 0 amide bonds. The Bertz CT molecular complexity index is 203. The molecule has 1 N–H and O–H groups in total. The zero-order valence-corrected chi connectivity index (χ0v) is 12.7. The van der Waals surface area contributed by atoms with Crippen molar-refractivity contribution >= 4 is 40.6 Å². The molecule has 5 heteroatoms. The Balaban J connectivity index is 2.61. The van der Waals surface area contributed by atoms with Crippen molar-refractivity contribution in [2.24, 2.45) is 0 Å². The zero-order chi connectivity index (χ0) is 8.10. The van der Waals surface area contributed by atoms with Crippen molar-refractivity contribution in [1.82, 2.24) is 0 Å². The van der Waals surface area contributed by atoms with Gasteiger partial charge in [0.25, 0.3) is 0 Å². The number of hydrogen-bond donors (Lipinski definition) is 1. The SMILES string of the molecule is O[SiH]([SiH2][SiH2][SiH3])c1cc[c]cc1. The van der Waals surface area contributed by atoms with Crippen molar-refractivity contribution in [2.45, 2.75) is 0 Å². The Labute approximate surface area is 76.0 Å². The summed E-state index contributed by atoms with van der Waals surface area (Å²) in [6, 6.07) is 10.9. The molecule has 1 radical (unpaired) electrons. The molecule has 0 fully saturated rings. The van der Waals surface area contributed by atoms with Crippen LogP contribution in [0.1, 0.15) is 0 Å². The number of hydrogen-bond acceptors (Lipinski definition) is 1. The maximum absolute atomic E-state index is 9.76. The molecule has 1 aromatic rings. The predicted molar refractivity (Wildman–Crippen MR) is 61.3 cm³/mol. The highest BCUT2D eigenvalue weighted by molar-refractivity contribution is 7.46. The Kier molecular flexibility index (Phi) is 4.01. The summed E-state index contributed by atoms with van der Waals surface area (Å²) in [5.41, 5.74) is 0. The second-order valence-corrected chi connectivity index (χ2v) is 27.2. The number of benzene rings is 1. The molecule has 0 spiro atoms. The Morgan fingerprint density at radius 3 is 2.64 bits per heavy atom. The molecule has 0 saturated heterocycles. The molecule has 0 aliphatic heterocycles. The first-order valence-corrected chi connectivity index (χ1v) is 18.0. The van der Waals surface area contributed by atoms with Gasteiger partial charge in [0.15, 0.2) is 8.56 Å². The smallest absolute Gasteiger partial charge is 0.180 e. The van der Waals surface area contributed by atoms with E-state index in [0.717, 1.165) is 0 Å². The largest absolute Gasteiger partial charge is 0.434 e. The van der Waals surface area contributed by atoms with E-state index in [-0.39, 0.29) is 8.55 Å². The van der Waals surface area contributed by atoms with Crippen molar-refractivity contribution in [3.8, 4) is 0 Å². The van der Waals surface area contributed by atoms with E-state index < -0.39 is 8.56 Å². The zero-order valence-electron chi connectivity index (χ0n) is 6.75. The lowest BCUT2D eigenvalue weighted by Gasteiger charge is -2.04. The van der Waals surface area contributed by atoms with Gasteiger partial charge in [-0.3, -0.25) is 0 Å². The molecular weight excluding hydrogens is 200 g/mol. The van der Waals surface area contributed by atoms with Crippen LogP contribution in [0.15, 0.2) is 24.3 Å². The van der Waals surface area contributed by atoms with Crippen molar-refractivity contribution in [2.75, 3.05) is 0 Å². The molecule has 1 atom stereocenters. The predicted octanol–water partition coefficient (Wildman–Crippen LogP) is -3.56. The highest BCUT2D eigenvalue weighted by atomic mass is 29.7. The van der Waals surface area contributed by atoms with Crippen LogP contribution in [0.5, 0.6) is 0 Å². The standard InChI is InChI=1S/C6H13OSi4/c7-11(10-9-8)6-4-2-1-3-5-6/h2-5,7,11H,9-10H2,8H3. The third kappa shape index (κ3) is 2.87. The van der Waals surface area contributed by atoms with Crippen LogP contribution in [0.2, 0.25) is 0 Å². The van der Waals surface area contributed by atoms with Gasteiger partial charge in [0.1, 0.15) is 0 Å². The van der Waals surface area contributed by atoms with Gasteiger partial charge in [-0.05, 0) is 29.6 Å². The van der Waals surface area contributed by atoms with E-state index in [9.17, 15) is 4.80 Å². The first-order valence-electron chi connectivity index (χ1n) is 3.98. The van der Waals surface area contributed by atoms with E-state index in [4.69, 9.17) is 0 Å². The third-order valence-electron chi connectivity index (χ3n) is 1.69. The monoisotopic (exact) mass is 213 g/mol. The third-order valence-corrected chi connectivity index (χ3v) is 34.5. The summed E-state index contributed by atoms with van der Waals surface area (Å²) >= 11 is 0. The summed E-state index contributed by atoms with van der Waals surface area (Å²) < 4.78 is 0. The lowest BCUT2D eigenvalue weighted by Crippen LogP contribution is -2.39. The van der Waals surface area contributed by atoms with Crippen LogP contribution in [-0.4, -0.2) is 40.2 Å². The van der Waals surface area contributed by atoms with Crippen LogP contribution in [0.4, 0.5) is 0 Å². The molecule has 0 aromatic heterocycles. The fourth-order valence-corrected chi connectivity index (χ4v) is 28.7. The van der Waals surface area contributed by atoms with Crippen LogP contribution in [0, 0.1) is 6.07 Å². The van der Waals surface area contributed by atoms with Crippen LogP contribution in [-0.2, 0) is 0 Å². The van der Waals surface area contributed by atoms with Gasteiger partial charge in [0.2, 0.25) is 0 Å². The minimum atomic E-state index is -1.35. The summed E-state index contributed by atoms with van der Waals surface area (Å²) in [4.78, 5) is 9.76. The highest BCUT2D eigenvalue weighted by Gasteiger charge is 2.07. The molecule has 0 heterocycles. The minimum absolute atomic E-state index is 0.0290. The summed E-state index contributed by atoms with van der Waals surface area (Å²) in [5, 5.41) is 1.25. The molecule has 0 aliphatic rings. The van der Waals surface area contributed by atoms with E-state index >= 15 is 0 Å². The van der Waals surface area contributed by atoms with E-state index in [0.29, 0.717) is 8.55 Å². The molecule has 1 nitrogen and oxygen atoms in total. The summed E-state index contributed by atoms with van der Waals surface area (Å²) in [5.74, 6) is 0. The Hall–Kier alpha value is 0.0475. The molecule has 1 aromatic carbocycles. The molecule has 11 heavy (non-hydrogen) atoms. The van der Waals surface area contributed by atoms with Crippen LogP contribution < -0.4 is 5.19 Å². The van der Waals surface area contributed by atoms with Gasteiger partial charge in [-0.2, -0.15) is 0 Å². The van der Waals surface area contributed by atoms with Crippen molar-refractivity contribution in [1.29, 1.82) is 0 Å². The highest BCUT2D eigenvalue weighted by Crippen LogP contribution is 1.82. The molecular formula is C6H13OSi4. The van der Waals surface area contributed by atoms with Crippen LogP contribution in [0.25, 0.3) is 0 Å². The van der Waals surface area contributed by atoms with E-state index in [1.165, 1.54) is 14.9 Å². The van der Waals surface area contributed by atoms with Crippen molar-refractivity contribution in [3.05, 3.63) is 30.3 Å². The topological polar surface area (TPSA) is 20.2 Å². The van der Waals surface area contributed by atoms with Gasteiger partial charge in [-0.1, -0.05) is 24.3 Å². The van der Waals surface area contributed by atoms with Gasteiger partial charge in [0.05, 0.1) is 0 Å². The quantitative estimate of drug-likeness (QED) is 0.516. The lowest BCUT2D eigenvalue weighted by molar-refractivity contribution is 0.607. The van der Waals surface area contributed by atoms with E-state index in [1.807, 2.05) is 24.3 Å². The van der Waals surface area contributed by atoms with Crippen LogP contribution in [0.3, 0.4) is 0 Å². The molecule has 0 bridgehead atoms. The molecule has 1 rings (SSSR count). The molecule has 59 valence electrons. The molecule has 1 unspecified atom stereocenters. The first kappa shape index (κ1) is 9.14. The van der Waals surface area contributed by atoms with Gasteiger partial charge in [-0.15, -0.1) is 0 Å². The van der Waals surface area contributed by atoms with Crippen molar-refractivity contribution in [3.63, 3.8) is 0 Å². The fraction of sp³-hybridized carbons (Fsp3) is 0. The average molecular weight is 214 g/mol. The summed E-state index contributed by atoms with van der Waals surface area (Å²) in [6.07, 6.45) is 0. The Morgan fingerprint density at radius 1 is 1.45 bits per heavy atom. The lowest BCUT2D eigenvalue weighted by atomic mass is 10.4. The normalized spacial score (nSPS) is 15.4. The first-order chi connectivity index (χ1) is 5.34. The van der Waals surface area contributed by atoms with E-state index in [1.54, 1.807) is 0 Å². The van der Waals surface area contributed by atoms with Crippen LogP contribution >= 0.6 is 0 Å². The number of rotatable bonds is 3. The second-order valence-electron chi connectivity index (χ2n) is 2.64.